The summed E-state index contributed by atoms with van der Waals surface area (Å²) in [6.07, 6.45) is 1.36. The average molecular weight is 346 g/mol. The van der Waals surface area contributed by atoms with Crippen LogP contribution < -0.4 is 15.8 Å². The summed E-state index contributed by atoms with van der Waals surface area (Å²) < 4.78 is 10.5. The molecule has 1 atom stereocenters. The monoisotopic (exact) mass is 346 g/mol. The van der Waals surface area contributed by atoms with Crippen LogP contribution in [0.3, 0.4) is 0 Å². The number of nitrogens with one attached hydrogen (secondary N) is 1. The highest BCUT2D eigenvalue weighted by atomic mass is 16.5. The minimum absolute atomic E-state index is 0.0892. The number of nitrogens with two attached hydrogens (primary N) is 1. The van der Waals surface area contributed by atoms with E-state index in [1.165, 1.54) is 0 Å². The summed E-state index contributed by atoms with van der Waals surface area (Å²) >= 11 is 0. The standard InChI is InChI=1S/C18H26N4O3/c1-5-18(6-2,11-19)17(23)20-12(3)16-21-15(22-25-16)13-8-7-9-14(10-13)24-4/h7-10,12H,5-6,11,19H2,1-4H3,(H,20,23). The summed E-state index contributed by atoms with van der Waals surface area (Å²) in [7, 11) is 1.60. The van der Waals surface area contributed by atoms with Crippen LogP contribution in [0.4, 0.5) is 0 Å². The molecule has 1 aromatic carbocycles. The number of carbonyl (C=O) groups excluding carboxylic acids is 1. The van der Waals surface area contributed by atoms with E-state index in [2.05, 4.69) is 15.5 Å². The molecule has 2 aromatic rings. The molecular weight excluding hydrogens is 320 g/mol. The molecule has 0 saturated heterocycles. The van der Waals surface area contributed by atoms with Crippen LogP contribution >= 0.6 is 0 Å². The molecule has 7 nitrogen and oxygen atoms in total. The molecule has 0 saturated carbocycles. The van der Waals surface area contributed by atoms with E-state index >= 15 is 0 Å². The van der Waals surface area contributed by atoms with Crippen molar-refractivity contribution in [2.75, 3.05) is 13.7 Å². The second-order valence-corrected chi connectivity index (χ2v) is 6.07. The van der Waals surface area contributed by atoms with Crippen molar-refractivity contribution in [2.45, 2.75) is 39.7 Å². The second kappa shape index (κ2) is 8.11. The van der Waals surface area contributed by atoms with Crippen LogP contribution in [0.5, 0.6) is 5.75 Å². The van der Waals surface area contributed by atoms with Gasteiger partial charge in [-0.15, -0.1) is 0 Å². The van der Waals surface area contributed by atoms with Gasteiger partial charge in [-0.3, -0.25) is 4.79 Å². The van der Waals surface area contributed by atoms with Gasteiger partial charge in [0.15, 0.2) is 0 Å². The molecule has 1 amide bonds. The van der Waals surface area contributed by atoms with Crippen LogP contribution in [0, 0.1) is 5.41 Å². The van der Waals surface area contributed by atoms with Crippen LogP contribution in [-0.2, 0) is 4.79 Å². The van der Waals surface area contributed by atoms with Gasteiger partial charge in [0, 0.05) is 12.1 Å². The number of hydrogen-bond acceptors (Lipinski definition) is 6. The van der Waals surface area contributed by atoms with Gasteiger partial charge in [-0.2, -0.15) is 4.98 Å². The number of aromatic nitrogens is 2. The van der Waals surface area contributed by atoms with Gasteiger partial charge >= 0.3 is 0 Å². The van der Waals surface area contributed by atoms with Gasteiger partial charge in [-0.05, 0) is 31.9 Å². The number of hydrogen-bond donors (Lipinski definition) is 2. The molecule has 0 aliphatic rings. The summed E-state index contributed by atoms with van der Waals surface area (Å²) in [6, 6.07) is 6.99. The highest BCUT2D eigenvalue weighted by molar-refractivity contribution is 5.83. The number of methoxy groups -OCH3 is 1. The van der Waals surface area contributed by atoms with Crippen molar-refractivity contribution in [2.24, 2.45) is 11.1 Å². The zero-order valence-corrected chi connectivity index (χ0v) is 15.2. The van der Waals surface area contributed by atoms with Crippen LogP contribution in [-0.4, -0.2) is 29.7 Å². The summed E-state index contributed by atoms with van der Waals surface area (Å²) in [4.78, 5) is 17.0. The molecular formula is C18H26N4O3. The van der Waals surface area contributed by atoms with E-state index in [0.717, 1.165) is 5.56 Å². The van der Waals surface area contributed by atoms with Crippen molar-refractivity contribution < 1.29 is 14.1 Å². The third-order valence-electron chi connectivity index (χ3n) is 4.71. The highest BCUT2D eigenvalue weighted by Crippen LogP contribution is 2.27. The Balaban J connectivity index is 2.14. The third-order valence-corrected chi connectivity index (χ3v) is 4.71. The van der Waals surface area contributed by atoms with Gasteiger partial charge < -0.3 is 20.3 Å². The average Bonchev–Trinajstić information content (AvgIpc) is 3.14. The zero-order chi connectivity index (χ0) is 18.4. The fourth-order valence-corrected chi connectivity index (χ4v) is 2.65. The minimum atomic E-state index is -0.566. The lowest BCUT2D eigenvalue weighted by molar-refractivity contribution is -0.131. The molecule has 0 bridgehead atoms. The van der Waals surface area contributed by atoms with Gasteiger partial charge in [0.1, 0.15) is 11.8 Å². The van der Waals surface area contributed by atoms with Crippen molar-refractivity contribution in [1.29, 1.82) is 0 Å². The molecule has 1 heterocycles. The topological polar surface area (TPSA) is 103 Å². The summed E-state index contributed by atoms with van der Waals surface area (Å²) in [5, 5.41) is 6.93. The zero-order valence-electron chi connectivity index (χ0n) is 15.2. The Morgan fingerprint density at radius 2 is 2.12 bits per heavy atom. The lowest BCUT2D eigenvalue weighted by Gasteiger charge is -2.29. The Bertz CT molecular complexity index is 702. The lowest BCUT2D eigenvalue weighted by atomic mass is 9.81. The Hall–Kier alpha value is -2.41. The quantitative estimate of drug-likeness (QED) is 0.762. The fourth-order valence-electron chi connectivity index (χ4n) is 2.65. The van der Waals surface area contributed by atoms with E-state index in [0.29, 0.717) is 36.9 Å². The maximum Gasteiger partial charge on any atom is 0.249 e. The van der Waals surface area contributed by atoms with Crippen molar-refractivity contribution in [1.82, 2.24) is 15.5 Å². The molecule has 136 valence electrons. The fraction of sp³-hybridized carbons (Fsp3) is 0.500. The molecule has 0 aliphatic heterocycles. The molecule has 25 heavy (non-hydrogen) atoms. The van der Waals surface area contributed by atoms with Gasteiger partial charge in [-0.1, -0.05) is 31.1 Å². The number of rotatable bonds is 8. The minimum Gasteiger partial charge on any atom is -0.497 e. The van der Waals surface area contributed by atoms with E-state index in [-0.39, 0.29) is 5.91 Å². The molecule has 3 N–H and O–H groups in total. The summed E-state index contributed by atoms with van der Waals surface area (Å²) in [5.41, 5.74) is 6.05. The predicted octanol–water partition coefficient (Wildman–Crippen LogP) is 2.69. The Labute approximate surface area is 147 Å². The van der Waals surface area contributed by atoms with Crippen molar-refractivity contribution >= 4 is 5.91 Å². The van der Waals surface area contributed by atoms with Crippen LogP contribution in [0.1, 0.15) is 45.5 Å². The number of ether oxygens (including phenoxy) is 1. The van der Waals surface area contributed by atoms with Crippen molar-refractivity contribution in [3.63, 3.8) is 0 Å². The van der Waals surface area contributed by atoms with Gasteiger partial charge in [0.25, 0.3) is 0 Å². The summed E-state index contributed by atoms with van der Waals surface area (Å²) in [6.45, 7) is 6.05. The Morgan fingerprint density at radius 3 is 2.72 bits per heavy atom. The smallest absolute Gasteiger partial charge is 0.249 e. The van der Waals surface area contributed by atoms with Crippen LogP contribution in [0.25, 0.3) is 11.4 Å². The first kappa shape index (κ1) is 18.9. The third kappa shape index (κ3) is 3.99. The first-order valence-electron chi connectivity index (χ1n) is 8.48. The molecule has 0 radical (unpaired) electrons. The summed E-state index contributed by atoms with van der Waals surface area (Å²) in [5.74, 6) is 1.42. The van der Waals surface area contributed by atoms with Crippen LogP contribution in [0.2, 0.25) is 0 Å². The number of benzene rings is 1. The molecule has 1 unspecified atom stereocenters. The first-order valence-corrected chi connectivity index (χ1v) is 8.48. The lowest BCUT2D eigenvalue weighted by Crippen LogP contribution is -2.46. The molecule has 0 fully saturated rings. The maximum absolute atomic E-state index is 12.6. The maximum atomic E-state index is 12.6. The Morgan fingerprint density at radius 1 is 1.40 bits per heavy atom. The highest BCUT2D eigenvalue weighted by Gasteiger charge is 2.34. The molecule has 0 spiro atoms. The SMILES string of the molecule is CCC(CC)(CN)C(=O)NC(C)c1nc(-c2cccc(OC)c2)no1. The van der Waals surface area contributed by atoms with Crippen molar-refractivity contribution in [3.8, 4) is 17.1 Å². The van der Waals surface area contributed by atoms with Crippen molar-refractivity contribution in [3.05, 3.63) is 30.2 Å². The van der Waals surface area contributed by atoms with E-state index in [1.54, 1.807) is 7.11 Å². The van der Waals surface area contributed by atoms with Gasteiger partial charge in [-0.25, -0.2) is 0 Å². The molecule has 0 aliphatic carbocycles. The van der Waals surface area contributed by atoms with Crippen LogP contribution in [0.15, 0.2) is 28.8 Å². The molecule has 1 aromatic heterocycles. The molecule has 2 rings (SSSR count). The molecule has 7 heteroatoms. The van der Waals surface area contributed by atoms with E-state index in [1.807, 2.05) is 45.0 Å². The van der Waals surface area contributed by atoms with E-state index < -0.39 is 11.5 Å². The van der Waals surface area contributed by atoms with Gasteiger partial charge in [0.2, 0.25) is 17.6 Å². The second-order valence-electron chi connectivity index (χ2n) is 6.07. The van der Waals surface area contributed by atoms with E-state index in [4.69, 9.17) is 15.0 Å². The largest absolute Gasteiger partial charge is 0.497 e. The Kier molecular flexibility index (Phi) is 6.14. The number of nitrogens with zero attached hydrogens (tertiary/aromatic N) is 2. The predicted molar refractivity (Wildman–Crippen MR) is 94.9 cm³/mol. The normalized spacial score (nSPS) is 12.7. The van der Waals surface area contributed by atoms with Gasteiger partial charge in [0.05, 0.1) is 12.5 Å². The van der Waals surface area contributed by atoms with E-state index in [9.17, 15) is 4.79 Å². The number of amides is 1. The first-order chi connectivity index (χ1) is 12.0. The number of carbonyl (C=O) groups is 1.